The first-order valence-corrected chi connectivity index (χ1v) is 6.66. The summed E-state index contributed by atoms with van der Waals surface area (Å²) in [6.07, 6.45) is 0. The van der Waals surface area contributed by atoms with Crippen molar-refractivity contribution in [2.75, 3.05) is 5.32 Å². The first-order valence-electron chi connectivity index (χ1n) is 4.19. The van der Waals surface area contributed by atoms with E-state index >= 15 is 0 Å². The monoisotopic (exact) mass is 361 g/mol. The first kappa shape index (κ1) is 11.7. The molecule has 4 nitrogen and oxygen atoms in total. The summed E-state index contributed by atoms with van der Waals surface area (Å²) in [5, 5.41) is 10.5. The van der Waals surface area contributed by atoms with Crippen LogP contribution in [0.5, 0.6) is 0 Å². The van der Waals surface area contributed by atoms with Gasteiger partial charge < -0.3 is 0 Å². The Morgan fingerprint density at radius 1 is 1.38 bits per heavy atom. The summed E-state index contributed by atoms with van der Waals surface area (Å²) in [5.74, 6) is -0.218. The predicted molar refractivity (Wildman–Crippen MR) is 69.7 cm³/mol. The average molecular weight is 363 g/mol. The minimum atomic E-state index is -0.218. The Labute approximate surface area is 112 Å². The molecule has 0 unspecified atom stereocenters. The molecular weight excluding hydrogens is 358 g/mol. The van der Waals surface area contributed by atoms with Gasteiger partial charge in [-0.15, -0.1) is 10.2 Å². The summed E-state index contributed by atoms with van der Waals surface area (Å²) in [4.78, 5) is 11.9. The molecule has 0 aliphatic carbocycles. The van der Waals surface area contributed by atoms with Crippen molar-refractivity contribution in [2.24, 2.45) is 0 Å². The number of benzene rings is 1. The minimum Gasteiger partial charge on any atom is -0.296 e. The van der Waals surface area contributed by atoms with Crippen LogP contribution in [0.4, 0.5) is 5.13 Å². The Kier molecular flexibility index (Phi) is 3.67. The van der Waals surface area contributed by atoms with Crippen LogP contribution in [0.2, 0.25) is 0 Å². The number of carbonyl (C=O) groups excluding carboxylic acids is 1. The van der Waals surface area contributed by atoms with Crippen LogP contribution >= 0.6 is 43.2 Å². The van der Waals surface area contributed by atoms with Crippen LogP contribution in [0.3, 0.4) is 0 Å². The number of halogens is 2. The Hall–Kier alpha value is -0.790. The number of nitrogens with zero attached hydrogens (tertiary/aromatic N) is 2. The van der Waals surface area contributed by atoms with Crippen molar-refractivity contribution in [3.8, 4) is 0 Å². The van der Waals surface area contributed by atoms with Crippen molar-refractivity contribution in [1.82, 2.24) is 10.2 Å². The highest BCUT2D eigenvalue weighted by molar-refractivity contribution is 9.11. The number of aromatic nitrogens is 2. The molecule has 1 heterocycles. The zero-order valence-electron chi connectivity index (χ0n) is 7.78. The fraction of sp³-hybridized carbons (Fsp3) is 0. The maximum Gasteiger partial charge on any atom is 0.258 e. The third-order valence-corrected chi connectivity index (χ3v) is 3.54. The zero-order chi connectivity index (χ0) is 11.5. The van der Waals surface area contributed by atoms with Crippen molar-refractivity contribution < 1.29 is 4.79 Å². The van der Waals surface area contributed by atoms with Gasteiger partial charge in [0.1, 0.15) is 5.51 Å². The van der Waals surface area contributed by atoms with E-state index < -0.39 is 0 Å². The van der Waals surface area contributed by atoms with Crippen molar-refractivity contribution in [3.05, 3.63) is 38.2 Å². The smallest absolute Gasteiger partial charge is 0.258 e. The van der Waals surface area contributed by atoms with Crippen molar-refractivity contribution in [1.29, 1.82) is 0 Å². The number of carbonyl (C=O) groups is 1. The van der Waals surface area contributed by atoms with Gasteiger partial charge in [0, 0.05) is 8.95 Å². The molecule has 1 aromatic heterocycles. The van der Waals surface area contributed by atoms with Gasteiger partial charge in [-0.05, 0) is 34.1 Å². The highest BCUT2D eigenvalue weighted by Gasteiger charge is 2.11. The van der Waals surface area contributed by atoms with E-state index in [1.54, 1.807) is 17.6 Å². The van der Waals surface area contributed by atoms with Gasteiger partial charge in [-0.25, -0.2) is 0 Å². The maximum atomic E-state index is 11.9. The van der Waals surface area contributed by atoms with Gasteiger partial charge in [0.25, 0.3) is 5.91 Å². The van der Waals surface area contributed by atoms with Crippen LogP contribution in [0.15, 0.2) is 32.7 Å². The van der Waals surface area contributed by atoms with Crippen LogP contribution in [-0.2, 0) is 0 Å². The van der Waals surface area contributed by atoms with Crippen molar-refractivity contribution in [2.45, 2.75) is 0 Å². The van der Waals surface area contributed by atoms with Gasteiger partial charge in [0.2, 0.25) is 5.13 Å². The molecule has 0 aliphatic rings. The van der Waals surface area contributed by atoms with E-state index in [1.165, 1.54) is 11.3 Å². The van der Waals surface area contributed by atoms with Crippen LogP contribution in [-0.4, -0.2) is 16.1 Å². The van der Waals surface area contributed by atoms with E-state index in [9.17, 15) is 4.79 Å². The summed E-state index contributed by atoms with van der Waals surface area (Å²) in [7, 11) is 0. The number of amides is 1. The second-order valence-electron chi connectivity index (χ2n) is 2.82. The van der Waals surface area contributed by atoms with E-state index in [1.807, 2.05) is 6.07 Å². The van der Waals surface area contributed by atoms with Crippen LogP contribution < -0.4 is 5.32 Å². The van der Waals surface area contributed by atoms with E-state index in [0.29, 0.717) is 10.7 Å². The normalized spacial score (nSPS) is 10.1. The lowest BCUT2D eigenvalue weighted by Crippen LogP contribution is -2.12. The Morgan fingerprint density at radius 2 is 2.19 bits per heavy atom. The number of hydrogen-bond acceptors (Lipinski definition) is 4. The van der Waals surface area contributed by atoms with Crippen LogP contribution in [0.1, 0.15) is 10.4 Å². The lowest BCUT2D eigenvalue weighted by Gasteiger charge is -2.04. The molecule has 1 amide bonds. The highest BCUT2D eigenvalue weighted by Crippen LogP contribution is 2.22. The molecule has 0 spiro atoms. The first-order chi connectivity index (χ1) is 7.66. The summed E-state index contributed by atoms with van der Waals surface area (Å²) in [5.41, 5.74) is 2.11. The summed E-state index contributed by atoms with van der Waals surface area (Å²) >= 11 is 7.91. The molecule has 0 atom stereocenters. The third-order valence-electron chi connectivity index (χ3n) is 1.75. The van der Waals surface area contributed by atoms with E-state index in [2.05, 4.69) is 47.4 Å². The Balaban J connectivity index is 2.24. The van der Waals surface area contributed by atoms with Crippen LogP contribution in [0, 0.1) is 0 Å². The predicted octanol–water partition coefficient (Wildman–Crippen LogP) is 3.32. The van der Waals surface area contributed by atoms with Crippen molar-refractivity contribution >= 4 is 54.2 Å². The highest BCUT2D eigenvalue weighted by atomic mass is 79.9. The quantitative estimate of drug-likeness (QED) is 0.891. The molecule has 16 heavy (non-hydrogen) atoms. The molecule has 0 fully saturated rings. The van der Waals surface area contributed by atoms with Gasteiger partial charge in [-0.2, -0.15) is 0 Å². The van der Waals surface area contributed by atoms with E-state index in [0.717, 1.165) is 8.95 Å². The molecular formula is C9H5Br2N3OS. The Morgan fingerprint density at radius 3 is 2.88 bits per heavy atom. The van der Waals surface area contributed by atoms with Gasteiger partial charge in [-0.3, -0.25) is 10.1 Å². The summed E-state index contributed by atoms with van der Waals surface area (Å²) in [6, 6.07) is 5.39. The molecule has 0 saturated heterocycles. The molecule has 0 saturated carbocycles. The third kappa shape index (κ3) is 2.66. The average Bonchev–Trinajstić information content (AvgIpc) is 2.74. The number of anilines is 1. The van der Waals surface area contributed by atoms with Crippen molar-refractivity contribution in [3.63, 3.8) is 0 Å². The number of rotatable bonds is 2. The van der Waals surface area contributed by atoms with Gasteiger partial charge >= 0.3 is 0 Å². The number of hydrogen-bond donors (Lipinski definition) is 1. The largest absolute Gasteiger partial charge is 0.296 e. The number of nitrogens with one attached hydrogen (secondary N) is 1. The fourth-order valence-corrected chi connectivity index (χ4v) is 2.29. The molecule has 0 radical (unpaired) electrons. The molecule has 7 heteroatoms. The second kappa shape index (κ2) is 5.03. The SMILES string of the molecule is O=C(Nc1nncs1)c1cc(Br)ccc1Br. The molecule has 82 valence electrons. The van der Waals surface area contributed by atoms with Gasteiger partial charge in [0.15, 0.2) is 0 Å². The lowest BCUT2D eigenvalue weighted by molar-refractivity contribution is 0.102. The van der Waals surface area contributed by atoms with E-state index in [-0.39, 0.29) is 5.91 Å². The minimum absolute atomic E-state index is 0.218. The second-order valence-corrected chi connectivity index (χ2v) is 5.43. The zero-order valence-corrected chi connectivity index (χ0v) is 11.8. The molecule has 1 N–H and O–H groups in total. The van der Waals surface area contributed by atoms with Crippen LogP contribution in [0.25, 0.3) is 0 Å². The summed E-state index contributed by atoms with van der Waals surface area (Å²) in [6.45, 7) is 0. The van der Waals surface area contributed by atoms with Gasteiger partial charge in [-0.1, -0.05) is 27.3 Å². The molecule has 2 rings (SSSR count). The van der Waals surface area contributed by atoms with E-state index in [4.69, 9.17) is 0 Å². The lowest BCUT2D eigenvalue weighted by atomic mass is 10.2. The summed E-state index contributed by atoms with van der Waals surface area (Å²) < 4.78 is 1.58. The topological polar surface area (TPSA) is 54.9 Å². The van der Waals surface area contributed by atoms with Gasteiger partial charge in [0.05, 0.1) is 5.56 Å². The fourth-order valence-electron chi connectivity index (χ4n) is 1.06. The Bertz CT molecular complexity index is 515. The molecule has 2 aromatic rings. The standard InChI is InChI=1S/C9H5Br2N3OS/c10-5-1-2-7(11)6(3-5)8(15)13-9-14-12-4-16-9/h1-4H,(H,13,14,15). The molecule has 0 bridgehead atoms. The molecule has 1 aromatic carbocycles. The maximum absolute atomic E-state index is 11.9. The molecule has 0 aliphatic heterocycles.